The van der Waals surface area contributed by atoms with Crippen molar-refractivity contribution in [3.63, 3.8) is 0 Å². The van der Waals surface area contributed by atoms with E-state index in [1.165, 1.54) is 6.07 Å². The molecular weight excluding hydrogens is 422 g/mol. The van der Waals surface area contributed by atoms with Crippen LogP contribution in [0.2, 0.25) is 0 Å². The highest BCUT2D eigenvalue weighted by molar-refractivity contribution is 5.96. The lowest BCUT2D eigenvalue weighted by Gasteiger charge is -2.35. The lowest BCUT2D eigenvalue weighted by Crippen LogP contribution is -2.49. The van der Waals surface area contributed by atoms with Crippen molar-refractivity contribution in [3.8, 4) is 17.0 Å². The molecular formula is C24H25N5O4. The summed E-state index contributed by atoms with van der Waals surface area (Å²) in [5.74, 6) is 1.38. The summed E-state index contributed by atoms with van der Waals surface area (Å²) in [6.45, 7) is 6.41. The Kier molecular flexibility index (Phi) is 6.48. The number of rotatable bonds is 6. The van der Waals surface area contributed by atoms with Crippen LogP contribution in [-0.4, -0.2) is 58.7 Å². The molecule has 4 rings (SSSR count). The van der Waals surface area contributed by atoms with Gasteiger partial charge in [-0.15, -0.1) is 10.2 Å². The Bertz CT molecular complexity index is 1140. The fourth-order valence-electron chi connectivity index (χ4n) is 3.90. The zero-order valence-corrected chi connectivity index (χ0v) is 18.6. The van der Waals surface area contributed by atoms with Gasteiger partial charge in [-0.05, 0) is 56.3 Å². The van der Waals surface area contributed by atoms with E-state index < -0.39 is 4.92 Å². The average Bonchev–Trinajstić information content (AvgIpc) is 2.84. The molecule has 2 aromatic carbocycles. The highest BCUT2D eigenvalue weighted by Gasteiger charge is 2.26. The summed E-state index contributed by atoms with van der Waals surface area (Å²) in [6, 6.07) is 16.2. The van der Waals surface area contributed by atoms with E-state index in [-0.39, 0.29) is 11.6 Å². The molecule has 0 bridgehead atoms. The minimum Gasteiger partial charge on any atom is -0.494 e. The Hall–Kier alpha value is -4.01. The van der Waals surface area contributed by atoms with Crippen LogP contribution >= 0.6 is 0 Å². The molecule has 1 amide bonds. The fourth-order valence-corrected chi connectivity index (χ4v) is 3.90. The van der Waals surface area contributed by atoms with E-state index in [4.69, 9.17) is 4.74 Å². The first kappa shape index (κ1) is 22.2. The van der Waals surface area contributed by atoms with Gasteiger partial charge in [0, 0.05) is 48.9 Å². The van der Waals surface area contributed by atoms with Crippen molar-refractivity contribution in [2.24, 2.45) is 0 Å². The quantitative estimate of drug-likeness (QED) is 0.419. The van der Waals surface area contributed by atoms with Crippen molar-refractivity contribution >= 4 is 17.4 Å². The van der Waals surface area contributed by atoms with Gasteiger partial charge in [0.15, 0.2) is 5.82 Å². The maximum atomic E-state index is 13.0. The van der Waals surface area contributed by atoms with Crippen LogP contribution in [0.4, 0.5) is 11.5 Å². The van der Waals surface area contributed by atoms with Gasteiger partial charge in [0.1, 0.15) is 5.75 Å². The second-order valence-corrected chi connectivity index (χ2v) is 7.72. The highest BCUT2D eigenvalue weighted by Crippen LogP contribution is 2.24. The number of carbonyl (C=O) groups excluding carboxylic acids is 1. The van der Waals surface area contributed by atoms with Gasteiger partial charge in [-0.25, -0.2) is 0 Å². The topological polar surface area (TPSA) is 102 Å². The molecule has 0 unspecified atom stereocenters. The number of nitro groups is 1. The molecule has 1 aliphatic heterocycles. The van der Waals surface area contributed by atoms with Crippen LogP contribution < -0.4 is 9.64 Å². The SMILES string of the molecule is CCOc1ccc(-c2ccc(N3CCN(C(=O)c4cccc([N+](=O)[O-])c4C)CC3)nn2)cc1. The van der Waals surface area contributed by atoms with Crippen LogP contribution in [0.1, 0.15) is 22.8 Å². The molecule has 0 atom stereocenters. The number of carbonyl (C=O) groups is 1. The number of aromatic nitrogens is 2. The van der Waals surface area contributed by atoms with E-state index in [2.05, 4.69) is 15.1 Å². The van der Waals surface area contributed by atoms with E-state index in [1.807, 2.05) is 43.3 Å². The molecule has 9 nitrogen and oxygen atoms in total. The summed E-state index contributed by atoms with van der Waals surface area (Å²) in [7, 11) is 0. The number of amides is 1. The largest absolute Gasteiger partial charge is 0.494 e. The van der Waals surface area contributed by atoms with E-state index >= 15 is 0 Å². The molecule has 1 saturated heterocycles. The van der Waals surface area contributed by atoms with Crippen molar-refractivity contribution in [2.75, 3.05) is 37.7 Å². The van der Waals surface area contributed by atoms with Crippen molar-refractivity contribution in [3.05, 3.63) is 75.8 Å². The number of benzene rings is 2. The minimum absolute atomic E-state index is 0.0395. The second-order valence-electron chi connectivity index (χ2n) is 7.72. The zero-order chi connectivity index (χ0) is 23.4. The molecule has 2 heterocycles. The lowest BCUT2D eigenvalue weighted by atomic mass is 10.1. The predicted octanol–water partition coefficient (Wildman–Crippen LogP) is 3.72. The van der Waals surface area contributed by atoms with Gasteiger partial charge in [-0.1, -0.05) is 6.07 Å². The van der Waals surface area contributed by atoms with E-state index in [9.17, 15) is 14.9 Å². The Morgan fingerprint density at radius 1 is 1.03 bits per heavy atom. The summed E-state index contributed by atoms with van der Waals surface area (Å²) in [5, 5.41) is 19.9. The van der Waals surface area contributed by atoms with Gasteiger partial charge in [0.2, 0.25) is 0 Å². The molecule has 0 spiro atoms. The van der Waals surface area contributed by atoms with Gasteiger partial charge in [0.25, 0.3) is 11.6 Å². The number of nitrogens with zero attached hydrogens (tertiary/aromatic N) is 5. The summed E-state index contributed by atoms with van der Waals surface area (Å²) in [6.07, 6.45) is 0. The Labute approximate surface area is 191 Å². The zero-order valence-electron chi connectivity index (χ0n) is 18.6. The van der Waals surface area contributed by atoms with Gasteiger partial charge in [-0.3, -0.25) is 14.9 Å². The van der Waals surface area contributed by atoms with E-state index in [1.54, 1.807) is 24.0 Å². The number of anilines is 1. The normalized spacial score (nSPS) is 13.6. The van der Waals surface area contributed by atoms with Crippen molar-refractivity contribution < 1.29 is 14.5 Å². The number of hydrogen-bond acceptors (Lipinski definition) is 7. The second kappa shape index (κ2) is 9.64. The first-order valence-electron chi connectivity index (χ1n) is 10.8. The van der Waals surface area contributed by atoms with Crippen molar-refractivity contribution in [1.29, 1.82) is 0 Å². The molecule has 33 heavy (non-hydrogen) atoms. The van der Waals surface area contributed by atoms with Gasteiger partial charge >= 0.3 is 0 Å². The summed E-state index contributed by atoms with van der Waals surface area (Å²) < 4.78 is 5.47. The third-order valence-electron chi connectivity index (χ3n) is 5.73. The average molecular weight is 447 g/mol. The third kappa shape index (κ3) is 4.77. The summed E-state index contributed by atoms with van der Waals surface area (Å²) in [4.78, 5) is 27.5. The maximum absolute atomic E-state index is 13.0. The standard InChI is InChI=1S/C24H25N5O4/c1-3-33-19-9-7-18(8-10-19)21-11-12-23(26-25-21)27-13-15-28(16-14-27)24(30)20-5-4-6-22(17(20)2)29(31)32/h4-12H,3,13-16H2,1-2H3. The number of piperazine rings is 1. The molecule has 0 aliphatic carbocycles. The smallest absolute Gasteiger partial charge is 0.273 e. The monoisotopic (exact) mass is 447 g/mol. The molecule has 1 aromatic heterocycles. The molecule has 3 aromatic rings. The lowest BCUT2D eigenvalue weighted by molar-refractivity contribution is -0.385. The van der Waals surface area contributed by atoms with Crippen LogP contribution in [0, 0.1) is 17.0 Å². The fraction of sp³-hybridized carbons (Fsp3) is 0.292. The third-order valence-corrected chi connectivity index (χ3v) is 5.73. The molecule has 0 N–H and O–H groups in total. The van der Waals surface area contributed by atoms with Gasteiger partial charge in [0.05, 0.1) is 17.2 Å². The maximum Gasteiger partial charge on any atom is 0.273 e. The number of ether oxygens (including phenoxy) is 1. The van der Waals surface area contributed by atoms with Crippen LogP contribution in [0.25, 0.3) is 11.3 Å². The Balaban J connectivity index is 1.39. The van der Waals surface area contributed by atoms with Crippen LogP contribution in [0.5, 0.6) is 5.75 Å². The minimum atomic E-state index is -0.459. The molecule has 9 heteroatoms. The molecule has 0 radical (unpaired) electrons. The first-order valence-corrected chi connectivity index (χ1v) is 10.8. The molecule has 0 saturated carbocycles. The van der Waals surface area contributed by atoms with Gasteiger partial charge < -0.3 is 14.5 Å². The van der Waals surface area contributed by atoms with E-state index in [0.29, 0.717) is 43.9 Å². The van der Waals surface area contributed by atoms with Crippen LogP contribution in [0.3, 0.4) is 0 Å². The molecule has 1 aliphatic rings. The molecule has 170 valence electrons. The van der Waals surface area contributed by atoms with Crippen LogP contribution in [0.15, 0.2) is 54.6 Å². The molecule has 1 fully saturated rings. The Morgan fingerprint density at radius 3 is 2.36 bits per heavy atom. The predicted molar refractivity (Wildman–Crippen MR) is 125 cm³/mol. The van der Waals surface area contributed by atoms with E-state index in [0.717, 1.165) is 22.8 Å². The number of hydrogen-bond donors (Lipinski definition) is 0. The Morgan fingerprint density at radius 2 is 1.76 bits per heavy atom. The van der Waals surface area contributed by atoms with Crippen molar-refractivity contribution in [1.82, 2.24) is 15.1 Å². The number of nitro benzene ring substituents is 1. The first-order chi connectivity index (χ1) is 16.0. The van der Waals surface area contributed by atoms with Crippen molar-refractivity contribution in [2.45, 2.75) is 13.8 Å². The van der Waals surface area contributed by atoms with Gasteiger partial charge in [-0.2, -0.15) is 0 Å². The van der Waals surface area contributed by atoms with Crippen LogP contribution in [-0.2, 0) is 0 Å². The summed E-state index contributed by atoms with van der Waals surface area (Å²) >= 11 is 0. The highest BCUT2D eigenvalue weighted by atomic mass is 16.6. The summed E-state index contributed by atoms with van der Waals surface area (Å²) in [5.41, 5.74) is 2.46.